The van der Waals surface area contributed by atoms with Gasteiger partial charge in [0.2, 0.25) is 5.91 Å². The Kier molecular flexibility index (Phi) is 12.7. The smallest absolute Gasteiger partial charge is 0.224 e. The zero-order valence-corrected chi connectivity index (χ0v) is 19.0. The average molecular weight is 496 g/mol. The molecule has 0 aliphatic carbocycles. The second kappa shape index (κ2) is 13.2. The topological polar surface area (TPSA) is 65.5 Å². The van der Waals surface area contributed by atoms with Crippen LogP contribution < -0.4 is 16.0 Å². The molecule has 1 amide bonds. The van der Waals surface area contributed by atoms with Crippen molar-refractivity contribution < 1.29 is 9.18 Å². The minimum atomic E-state index is -0.327. The number of thioether (sulfide) groups is 1. The summed E-state index contributed by atoms with van der Waals surface area (Å²) in [5, 5.41) is 9.21. The molecule has 0 saturated carbocycles. The predicted octanol–water partition coefficient (Wildman–Crippen LogP) is 2.80. The van der Waals surface area contributed by atoms with Gasteiger partial charge in [-0.15, -0.1) is 24.0 Å². The lowest BCUT2D eigenvalue weighted by molar-refractivity contribution is -0.120. The first-order valence-electron chi connectivity index (χ1n) is 8.45. The summed E-state index contributed by atoms with van der Waals surface area (Å²) in [6.45, 7) is 8.84. The average Bonchev–Trinajstić information content (AvgIpc) is 2.56. The normalized spacial score (nSPS) is 11.5. The molecule has 0 unspecified atom stereocenters. The molecule has 1 aromatic rings. The van der Waals surface area contributed by atoms with Crippen LogP contribution in [0.4, 0.5) is 4.39 Å². The maximum atomic E-state index is 13.1. The number of nitrogens with one attached hydrogen (secondary N) is 3. The fourth-order valence-corrected chi connectivity index (χ4v) is 2.15. The van der Waals surface area contributed by atoms with E-state index in [4.69, 9.17) is 0 Å². The number of halogens is 2. The predicted molar refractivity (Wildman–Crippen MR) is 120 cm³/mol. The van der Waals surface area contributed by atoms with Gasteiger partial charge in [-0.3, -0.25) is 9.79 Å². The minimum absolute atomic E-state index is 0. The van der Waals surface area contributed by atoms with Crippen LogP contribution >= 0.6 is 35.7 Å². The Bertz CT molecular complexity index is 584. The van der Waals surface area contributed by atoms with Crippen LogP contribution in [0, 0.1) is 5.82 Å². The zero-order chi connectivity index (χ0) is 18.7. The number of benzene rings is 1. The van der Waals surface area contributed by atoms with Gasteiger partial charge in [0, 0.05) is 24.4 Å². The lowest BCUT2D eigenvalue weighted by Crippen LogP contribution is -2.42. The number of nitrogens with zero attached hydrogens (tertiary/aromatic N) is 1. The molecule has 26 heavy (non-hydrogen) atoms. The van der Waals surface area contributed by atoms with Crippen LogP contribution in [0.2, 0.25) is 0 Å². The van der Waals surface area contributed by atoms with Gasteiger partial charge >= 0.3 is 0 Å². The van der Waals surface area contributed by atoms with Crippen molar-refractivity contribution in [1.29, 1.82) is 0 Å². The van der Waals surface area contributed by atoms with Crippen LogP contribution in [-0.4, -0.2) is 49.0 Å². The summed E-state index contributed by atoms with van der Waals surface area (Å²) < 4.78 is 13.2. The maximum Gasteiger partial charge on any atom is 0.224 e. The fourth-order valence-electron chi connectivity index (χ4n) is 1.95. The van der Waals surface area contributed by atoms with E-state index in [0.717, 1.165) is 12.5 Å². The number of amides is 1. The van der Waals surface area contributed by atoms with E-state index in [1.54, 1.807) is 23.9 Å². The van der Waals surface area contributed by atoms with Crippen LogP contribution in [-0.2, 0) is 11.2 Å². The number of rotatable bonds is 9. The maximum absolute atomic E-state index is 13.1. The lowest BCUT2D eigenvalue weighted by atomic mass is 10.1. The molecule has 0 spiro atoms. The molecule has 1 rings (SSSR count). The molecule has 0 atom stereocenters. The van der Waals surface area contributed by atoms with E-state index in [1.807, 2.05) is 6.92 Å². The van der Waals surface area contributed by atoms with Gasteiger partial charge in [-0.2, -0.15) is 11.8 Å². The van der Waals surface area contributed by atoms with Gasteiger partial charge in [-0.1, -0.05) is 12.1 Å². The Morgan fingerprint density at radius 3 is 2.54 bits per heavy atom. The van der Waals surface area contributed by atoms with Crippen molar-refractivity contribution in [3.05, 3.63) is 35.6 Å². The Hall–Kier alpha value is -1.03. The SMILES string of the molecule is CCNC(=NCC(C)(C)SC)NCCNC(=O)Cc1cccc(F)c1.I. The molecule has 3 N–H and O–H groups in total. The van der Waals surface area contributed by atoms with Gasteiger partial charge in [0.05, 0.1) is 13.0 Å². The molecule has 148 valence electrons. The molecule has 0 bridgehead atoms. The molecular weight excluding hydrogens is 466 g/mol. The summed E-state index contributed by atoms with van der Waals surface area (Å²) in [5.41, 5.74) is 0.666. The zero-order valence-electron chi connectivity index (χ0n) is 15.9. The van der Waals surface area contributed by atoms with Crippen molar-refractivity contribution >= 4 is 47.6 Å². The first-order valence-corrected chi connectivity index (χ1v) is 9.67. The Morgan fingerprint density at radius 1 is 1.23 bits per heavy atom. The molecule has 0 heterocycles. The summed E-state index contributed by atoms with van der Waals surface area (Å²) in [5.74, 6) is 0.286. The molecular formula is C18H30FIN4OS. The van der Waals surface area contributed by atoms with Crippen LogP contribution in [0.3, 0.4) is 0 Å². The first-order chi connectivity index (χ1) is 11.9. The van der Waals surface area contributed by atoms with E-state index in [9.17, 15) is 9.18 Å². The molecule has 5 nitrogen and oxygen atoms in total. The number of hydrogen-bond donors (Lipinski definition) is 3. The highest BCUT2D eigenvalue weighted by molar-refractivity contribution is 14.0. The molecule has 0 aliphatic rings. The summed E-state index contributed by atoms with van der Waals surface area (Å²) >= 11 is 1.77. The standard InChI is InChI=1S/C18H29FN4OS.HI/c1-5-20-17(23-13-18(2,3)25-4)22-10-9-21-16(24)12-14-7-6-8-15(19)11-14;/h6-8,11H,5,9-10,12-13H2,1-4H3,(H,21,24)(H2,20,22,23);1H. The molecule has 0 fully saturated rings. The largest absolute Gasteiger partial charge is 0.357 e. The third-order valence-corrected chi connectivity index (χ3v) is 4.74. The van der Waals surface area contributed by atoms with Crippen molar-refractivity contribution in [2.45, 2.75) is 31.9 Å². The van der Waals surface area contributed by atoms with Crippen molar-refractivity contribution in [1.82, 2.24) is 16.0 Å². The highest BCUT2D eigenvalue weighted by Gasteiger charge is 2.15. The van der Waals surface area contributed by atoms with Gasteiger partial charge in [0.15, 0.2) is 5.96 Å². The molecule has 8 heteroatoms. The van der Waals surface area contributed by atoms with Gasteiger partial charge in [-0.25, -0.2) is 4.39 Å². The lowest BCUT2D eigenvalue weighted by Gasteiger charge is -2.20. The van der Waals surface area contributed by atoms with Gasteiger partial charge in [-0.05, 0) is 44.7 Å². The minimum Gasteiger partial charge on any atom is -0.357 e. The van der Waals surface area contributed by atoms with Crippen LogP contribution in [0.1, 0.15) is 26.3 Å². The molecule has 0 radical (unpaired) electrons. The van der Waals surface area contributed by atoms with E-state index in [-0.39, 0.29) is 46.9 Å². The van der Waals surface area contributed by atoms with Crippen molar-refractivity contribution in [2.24, 2.45) is 4.99 Å². The Balaban J connectivity index is 0.00000625. The van der Waals surface area contributed by atoms with Crippen molar-refractivity contribution in [3.8, 4) is 0 Å². The fraction of sp³-hybridized carbons (Fsp3) is 0.556. The number of carbonyl (C=O) groups excluding carboxylic acids is 1. The number of aliphatic imine (C=N–C) groups is 1. The summed E-state index contributed by atoms with van der Waals surface area (Å²) in [6, 6.07) is 6.09. The van der Waals surface area contributed by atoms with E-state index in [0.29, 0.717) is 25.2 Å². The second-order valence-electron chi connectivity index (χ2n) is 6.24. The quantitative estimate of drug-likeness (QED) is 0.213. The Morgan fingerprint density at radius 2 is 1.92 bits per heavy atom. The molecule has 0 saturated heterocycles. The number of hydrogen-bond acceptors (Lipinski definition) is 3. The van der Waals surface area contributed by atoms with E-state index >= 15 is 0 Å². The highest BCUT2D eigenvalue weighted by Crippen LogP contribution is 2.20. The monoisotopic (exact) mass is 496 g/mol. The first kappa shape index (κ1) is 25.0. The van der Waals surface area contributed by atoms with Gasteiger partial charge < -0.3 is 16.0 Å². The van der Waals surface area contributed by atoms with Gasteiger partial charge in [0.1, 0.15) is 5.82 Å². The van der Waals surface area contributed by atoms with Gasteiger partial charge in [0.25, 0.3) is 0 Å². The second-order valence-corrected chi connectivity index (χ2v) is 7.76. The number of carbonyl (C=O) groups is 1. The molecule has 0 aliphatic heterocycles. The van der Waals surface area contributed by atoms with E-state index in [1.165, 1.54) is 12.1 Å². The highest BCUT2D eigenvalue weighted by atomic mass is 127. The van der Waals surface area contributed by atoms with E-state index in [2.05, 4.69) is 41.0 Å². The van der Waals surface area contributed by atoms with E-state index < -0.39 is 0 Å². The van der Waals surface area contributed by atoms with Crippen molar-refractivity contribution in [2.75, 3.05) is 32.4 Å². The third-order valence-electron chi connectivity index (χ3n) is 3.51. The summed E-state index contributed by atoms with van der Waals surface area (Å²) in [6.07, 6.45) is 2.25. The Labute approximate surface area is 177 Å². The third kappa shape index (κ3) is 10.8. The summed E-state index contributed by atoms with van der Waals surface area (Å²) in [4.78, 5) is 16.4. The van der Waals surface area contributed by atoms with Crippen molar-refractivity contribution in [3.63, 3.8) is 0 Å². The van der Waals surface area contributed by atoms with Crippen LogP contribution in [0.15, 0.2) is 29.3 Å². The van der Waals surface area contributed by atoms with Crippen LogP contribution in [0.5, 0.6) is 0 Å². The summed E-state index contributed by atoms with van der Waals surface area (Å²) in [7, 11) is 0. The molecule has 0 aromatic heterocycles. The van der Waals surface area contributed by atoms with Crippen LogP contribution in [0.25, 0.3) is 0 Å². The molecule has 1 aromatic carbocycles. The number of guanidine groups is 1.